The first-order valence-corrected chi connectivity index (χ1v) is 9.10. The summed E-state index contributed by atoms with van der Waals surface area (Å²) in [6, 6.07) is 0. The first kappa shape index (κ1) is 19.1. The van der Waals surface area contributed by atoms with Crippen LogP contribution >= 0.6 is 0 Å². The second-order valence-electron chi connectivity index (χ2n) is 7.53. The van der Waals surface area contributed by atoms with Crippen molar-refractivity contribution in [3.05, 3.63) is 0 Å². The maximum Gasteiger partial charge on any atom is 0.490 e. The summed E-state index contributed by atoms with van der Waals surface area (Å²) in [6.45, 7) is 5.12. The van der Waals surface area contributed by atoms with Gasteiger partial charge in [0.2, 0.25) is 0 Å². The van der Waals surface area contributed by atoms with Crippen LogP contribution in [0.15, 0.2) is 4.99 Å². The van der Waals surface area contributed by atoms with Gasteiger partial charge in [0, 0.05) is 25.4 Å². The van der Waals surface area contributed by atoms with E-state index in [0.29, 0.717) is 17.7 Å². The Balaban J connectivity index is 0.000000242. The molecule has 0 aromatic heterocycles. The van der Waals surface area contributed by atoms with E-state index in [1.54, 1.807) is 0 Å². The van der Waals surface area contributed by atoms with Gasteiger partial charge in [0.25, 0.3) is 5.91 Å². The third-order valence-electron chi connectivity index (χ3n) is 5.80. The molecule has 0 aromatic rings. The number of fused-ring (bicyclic) bond motifs is 2. The summed E-state index contributed by atoms with van der Waals surface area (Å²) < 4.78 is 31.7. The topological polar surface area (TPSA) is 82.0 Å². The van der Waals surface area contributed by atoms with E-state index in [0.717, 1.165) is 44.2 Å². The van der Waals surface area contributed by atoms with Crippen molar-refractivity contribution < 1.29 is 27.9 Å². The zero-order valence-electron chi connectivity index (χ0n) is 14.7. The summed E-state index contributed by atoms with van der Waals surface area (Å²) in [6.07, 6.45) is 0.544. The summed E-state index contributed by atoms with van der Waals surface area (Å²) in [5, 5.41) is 10.6. The van der Waals surface area contributed by atoms with Crippen LogP contribution in [0.25, 0.3) is 0 Å². The zero-order valence-corrected chi connectivity index (χ0v) is 14.7. The Labute approximate surface area is 149 Å². The van der Waals surface area contributed by atoms with Gasteiger partial charge in [-0.3, -0.25) is 14.7 Å². The van der Waals surface area contributed by atoms with Crippen LogP contribution in [0, 0.1) is 17.8 Å². The van der Waals surface area contributed by atoms with Gasteiger partial charge in [-0.25, -0.2) is 4.79 Å². The molecule has 2 heterocycles. The number of halogens is 3. The van der Waals surface area contributed by atoms with Gasteiger partial charge in [-0.1, -0.05) is 6.92 Å². The van der Waals surface area contributed by atoms with E-state index >= 15 is 0 Å². The van der Waals surface area contributed by atoms with Crippen LogP contribution in [0.4, 0.5) is 13.2 Å². The molecule has 2 N–H and O–H groups in total. The minimum absolute atomic E-state index is 0.326. The Morgan fingerprint density at radius 3 is 2.54 bits per heavy atom. The van der Waals surface area contributed by atoms with Crippen molar-refractivity contribution in [2.45, 2.75) is 50.7 Å². The van der Waals surface area contributed by atoms with Gasteiger partial charge in [0.05, 0.1) is 0 Å². The molecule has 3 atom stereocenters. The smallest absolute Gasteiger partial charge is 0.475 e. The van der Waals surface area contributed by atoms with Gasteiger partial charge in [-0.05, 0) is 44.1 Å². The van der Waals surface area contributed by atoms with Crippen molar-refractivity contribution in [1.82, 2.24) is 10.2 Å². The molecular weight excluding hydrogens is 351 g/mol. The summed E-state index contributed by atoms with van der Waals surface area (Å²) >= 11 is 0. The van der Waals surface area contributed by atoms with Gasteiger partial charge in [-0.15, -0.1) is 0 Å². The Morgan fingerprint density at radius 1 is 1.35 bits per heavy atom. The van der Waals surface area contributed by atoms with Crippen LogP contribution < -0.4 is 5.32 Å². The van der Waals surface area contributed by atoms with Crippen LogP contribution in [0.5, 0.6) is 0 Å². The second-order valence-corrected chi connectivity index (χ2v) is 7.53. The number of rotatable bonds is 3. The van der Waals surface area contributed by atoms with Crippen LogP contribution in [0.2, 0.25) is 0 Å². The van der Waals surface area contributed by atoms with Gasteiger partial charge in [0.1, 0.15) is 11.4 Å². The number of aliphatic imine (C=N–C) groups is 1. The number of nitrogens with one attached hydrogen (secondary N) is 1. The lowest BCUT2D eigenvalue weighted by Crippen LogP contribution is -2.47. The van der Waals surface area contributed by atoms with Crippen LogP contribution in [0.1, 0.15) is 39.0 Å². The highest BCUT2D eigenvalue weighted by atomic mass is 19.4. The maximum absolute atomic E-state index is 13.0. The molecule has 4 rings (SSSR count). The van der Waals surface area contributed by atoms with E-state index in [4.69, 9.17) is 14.9 Å². The van der Waals surface area contributed by atoms with E-state index in [1.807, 2.05) is 4.90 Å². The quantitative estimate of drug-likeness (QED) is 0.791. The van der Waals surface area contributed by atoms with Crippen molar-refractivity contribution in [2.24, 2.45) is 22.7 Å². The minimum atomic E-state index is -5.08. The highest BCUT2D eigenvalue weighted by Gasteiger charge is 2.59. The number of carboxylic acids is 1. The van der Waals surface area contributed by atoms with Gasteiger partial charge in [0.15, 0.2) is 0 Å². The molecule has 4 aliphatic rings. The molecular formula is C17H24F3N3O3. The predicted molar refractivity (Wildman–Crippen MR) is 87.7 cm³/mol. The monoisotopic (exact) mass is 375 g/mol. The van der Waals surface area contributed by atoms with Crippen molar-refractivity contribution in [1.29, 1.82) is 0 Å². The van der Waals surface area contributed by atoms with E-state index < -0.39 is 12.1 Å². The molecule has 0 bridgehead atoms. The van der Waals surface area contributed by atoms with E-state index in [1.165, 1.54) is 19.3 Å². The zero-order chi connectivity index (χ0) is 19.1. The Hall–Kier alpha value is -1.64. The number of amidine groups is 1. The van der Waals surface area contributed by atoms with Crippen molar-refractivity contribution in [3.8, 4) is 0 Å². The highest BCUT2D eigenvalue weighted by Crippen LogP contribution is 2.49. The first-order valence-electron chi connectivity index (χ1n) is 9.10. The molecule has 1 amide bonds. The molecule has 26 heavy (non-hydrogen) atoms. The van der Waals surface area contributed by atoms with Crippen molar-refractivity contribution in [3.63, 3.8) is 0 Å². The Morgan fingerprint density at radius 2 is 2.00 bits per heavy atom. The fourth-order valence-electron chi connectivity index (χ4n) is 4.30. The van der Waals surface area contributed by atoms with Crippen molar-refractivity contribution in [2.75, 3.05) is 19.6 Å². The summed E-state index contributed by atoms with van der Waals surface area (Å²) in [5.41, 5.74) is -0.381. The van der Waals surface area contributed by atoms with Crippen LogP contribution in [-0.2, 0) is 9.59 Å². The standard InChI is InChI=1S/C15H23N3O.C2HF3O2/c1-2-13-17-15(6-5-11-7-16-8-12(11)15)14(19)18(13)9-10-3-4-10;3-2(4,5)1(6)7/h10-12,16H,2-9H2,1H3;(H,6,7)/t11-,12+,15-;/m1./s1. The molecule has 2 aliphatic carbocycles. The third-order valence-corrected chi connectivity index (χ3v) is 5.80. The van der Waals surface area contributed by atoms with Gasteiger partial charge in [-0.2, -0.15) is 13.2 Å². The minimum Gasteiger partial charge on any atom is -0.475 e. The first-order chi connectivity index (χ1) is 12.2. The number of carbonyl (C=O) groups is 2. The fraction of sp³-hybridized carbons (Fsp3) is 0.824. The number of nitrogens with zero attached hydrogens (tertiary/aromatic N) is 2. The summed E-state index contributed by atoms with van der Waals surface area (Å²) in [4.78, 5) is 28.9. The predicted octanol–water partition coefficient (Wildman–Crippen LogP) is 2.05. The molecule has 2 saturated carbocycles. The van der Waals surface area contributed by atoms with E-state index in [9.17, 15) is 18.0 Å². The number of carbonyl (C=O) groups excluding carboxylic acids is 1. The number of aliphatic carboxylic acids is 1. The number of alkyl halides is 3. The average molecular weight is 375 g/mol. The lowest BCUT2D eigenvalue weighted by atomic mass is 9.85. The highest BCUT2D eigenvalue weighted by molar-refractivity contribution is 6.08. The number of carboxylic acid groups (broad SMARTS) is 1. The second kappa shape index (κ2) is 6.83. The maximum atomic E-state index is 13.0. The SMILES string of the molecule is CCC1=N[C@@]2(CC[C@@H]3CNC[C@@H]32)C(=O)N1CC1CC1.O=C(O)C(F)(F)F. The Kier molecular flexibility index (Phi) is 5.02. The van der Waals surface area contributed by atoms with E-state index in [2.05, 4.69) is 12.2 Å². The van der Waals surface area contributed by atoms with Crippen LogP contribution in [0.3, 0.4) is 0 Å². The number of hydrogen-bond donors (Lipinski definition) is 2. The molecule has 0 unspecified atom stereocenters. The lowest BCUT2D eigenvalue weighted by molar-refractivity contribution is -0.192. The molecule has 6 nitrogen and oxygen atoms in total. The molecule has 1 saturated heterocycles. The molecule has 0 radical (unpaired) electrons. The lowest BCUT2D eigenvalue weighted by Gasteiger charge is -2.27. The summed E-state index contributed by atoms with van der Waals surface area (Å²) in [5.74, 6) is 0.497. The number of hydrogen-bond acceptors (Lipinski definition) is 4. The molecule has 146 valence electrons. The third kappa shape index (κ3) is 3.45. The normalized spacial score (nSPS) is 33.2. The molecule has 0 aromatic carbocycles. The van der Waals surface area contributed by atoms with E-state index in [-0.39, 0.29) is 5.54 Å². The number of amides is 1. The Bertz CT molecular complexity index is 618. The molecule has 3 fully saturated rings. The van der Waals surface area contributed by atoms with Gasteiger partial charge >= 0.3 is 12.1 Å². The molecule has 9 heteroatoms. The van der Waals surface area contributed by atoms with Crippen molar-refractivity contribution >= 4 is 17.7 Å². The fourth-order valence-corrected chi connectivity index (χ4v) is 4.30. The summed E-state index contributed by atoms with van der Waals surface area (Å²) in [7, 11) is 0. The average Bonchev–Trinajstić information content (AvgIpc) is 3.03. The van der Waals surface area contributed by atoms with Crippen LogP contribution in [-0.4, -0.2) is 59.1 Å². The molecule has 2 aliphatic heterocycles. The largest absolute Gasteiger partial charge is 0.490 e. The van der Waals surface area contributed by atoms with Gasteiger partial charge < -0.3 is 10.4 Å². The molecule has 1 spiro atoms.